The molecule has 1 heterocycles. The van der Waals surface area contributed by atoms with E-state index in [0.717, 1.165) is 18.0 Å². The fourth-order valence-corrected chi connectivity index (χ4v) is 3.28. The van der Waals surface area contributed by atoms with E-state index in [1.165, 1.54) is 12.1 Å². The van der Waals surface area contributed by atoms with Crippen molar-refractivity contribution in [3.63, 3.8) is 0 Å². The highest BCUT2D eigenvalue weighted by atomic mass is 32.2. The highest BCUT2D eigenvalue weighted by Gasteiger charge is 2.27. The average molecular weight is 328 g/mol. The number of nitrogens with one attached hydrogen (secondary N) is 2. The van der Waals surface area contributed by atoms with E-state index >= 15 is 0 Å². The highest BCUT2D eigenvalue weighted by molar-refractivity contribution is 7.89. The SMILES string of the molecule is C[C@H]1C[NH+](CC(=O)Nc2cccc(S(N)(=O)=O)c2)C[C@H](C)O1. The Kier molecular flexibility index (Phi) is 5.17. The average Bonchev–Trinajstić information content (AvgIpc) is 2.36. The van der Waals surface area contributed by atoms with Crippen LogP contribution in [-0.4, -0.2) is 46.2 Å². The smallest absolute Gasteiger partial charge is 0.279 e. The van der Waals surface area contributed by atoms with Gasteiger partial charge in [-0.1, -0.05) is 6.07 Å². The van der Waals surface area contributed by atoms with Crippen LogP contribution in [-0.2, 0) is 19.6 Å². The lowest BCUT2D eigenvalue weighted by molar-refractivity contribution is -0.907. The zero-order valence-corrected chi connectivity index (χ0v) is 13.5. The zero-order valence-electron chi connectivity index (χ0n) is 12.7. The van der Waals surface area contributed by atoms with Crippen molar-refractivity contribution in [1.82, 2.24) is 0 Å². The van der Waals surface area contributed by atoms with Crippen LogP contribution in [0.4, 0.5) is 5.69 Å². The van der Waals surface area contributed by atoms with Gasteiger partial charge in [-0.15, -0.1) is 0 Å². The monoisotopic (exact) mass is 328 g/mol. The van der Waals surface area contributed by atoms with Gasteiger partial charge in [-0.25, -0.2) is 13.6 Å². The number of hydrogen-bond acceptors (Lipinski definition) is 4. The fourth-order valence-electron chi connectivity index (χ4n) is 2.72. The molecule has 122 valence electrons. The second kappa shape index (κ2) is 6.74. The number of carbonyl (C=O) groups is 1. The molecule has 2 atom stereocenters. The van der Waals surface area contributed by atoms with Gasteiger partial charge in [0.25, 0.3) is 5.91 Å². The summed E-state index contributed by atoms with van der Waals surface area (Å²) in [5.74, 6) is -0.164. The lowest BCUT2D eigenvalue weighted by Gasteiger charge is -2.31. The molecule has 2 rings (SSSR count). The molecule has 7 nitrogen and oxygen atoms in total. The molecule has 0 saturated carbocycles. The molecule has 1 aliphatic rings. The topological polar surface area (TPSA) is 103 Å². The summed E-state index contributed by atoms with van der Waals surface area (Å²) in [6.45, 7) is 5.84. The molecule has 0 unspecified atom stereocenters. The number of nitrogens with two attached hydrogens (primary N) is 1. The number of carbonyl (C=O) groups excluding carboxylic acids is 1. The van der Waals surface area contributed by atoms with E-state index in [1.807, 2.05) is 13.8 Å². The van der Waals surface area contributed by atoms with Crippen LogP contribution in [0.2, 0.25) is 0 Å². The van der Waals surface area contributed by atoms with Crippen LogP contribution >= 0.6 is 0 Å². The number of anilines is 1. The molecule has 8 heteroatoms. The van der Waals surface area contributed by atoms with Gasteiger partial charge in [0.2, 0.25) is 10.0 Å². The highest BCUT2D eigenvalue weighted by Crippen LogP contribution is 2.13. The second-order valence-electron chi connectivity index (χ2n) is 5.71. The Balaban J connectivity index is 1.97. The van der Waals surface area contributed by atoms with Gasteiger partial charge in [-0.3, -0.25) is 4.79 Å². The molecule has 0 spiro atoms. The summed E-state index contributed by atoms with van der Waals surface area (Å²) < 4.78 is 28.3. The summed E-state index contributed by atoms with van der Waals surface area (Å²) in [6.07, 6.45) is 0.245. The number of hydrogen-bond donors (Lipinski definition) is 3. The molecule has 0 aromatic heterocycles. The summed E-state index contributed by atoms with van der Waals surface area (Å²) in [7, 11) is -3.78. The van der Waals surface area contributed by atoms with Crippen LogP contribution in [0.3, 0.4) is 0 Å². The molecule has 0 bridgehead atoms. The number of primary sulfonamides is 1. The third-order valence-corrected chi connectivity index (χ3v) is 4.38. The Labute approximate surface area is 130 Å². The van der Waals surface area contributed by atoms with Gasteiger partial charge in [-0.05, 0) is 32.0 Å². The predicted octanol–water partition coefficient (Wildman–Crippen LogP) is -1.04. The molecule has 1 fully saturated rings. The van der Waals surface area contributed by atoms with E-state index in [-0.39, 0.29) is 23.0 Å². The van der Waals surface area contributed by atoms with E-state index in [0.29, 0.717) is 12.2 Å². The number of rotatable bonds is 4. The molecule has 4 N–H and O–H groups in total. The van der Waals surface area contributed by atoms with Crippen LogP contribution in [0.5, 0.6) is 0 Å². The van der Waals surface area contributed by atoms with Gasteiger partial charge in [0.1, 0.15) is 25.3 Å². The number of ether oxygens (including phenoxy) is 1. The van der Waals surface area contributed by atoms with Crippen LogP contribution < -0.4 is 15.4 Å². The van der Waals surface area contributed by atoms with Crippen molar-refractivity contribution in [2.75, 3.05) is 25.0 Å². The second-order valence-corrected chi connectivity index (χ2v) is 7.27. The van der Waals surface area contributed by atoms with Crippen molar-refractivity contribution in [2.24, 2.45) is 5.14 Å². The van der Waals surface area contributed by atoms with E-state index in [2.05, 4.69) is 5.32 Å². The fraction of sp³-hybridized carbons (Fsp3) is 0.500. The number of morpholine rings is 1. The summed E-state index contributed by atoms with van der Waals surface area (Å²) >= 11 is 0. The molecule has 0 radical (unpaired) electrons. The molecule has 1 aromatic carbocycles. The summed E-state index contributed by atoms with van der Waals surface area (Å²) in [6, 6.07) is 5.92. The quantitative estimate of drug-likeness (QED) is 0.657. The van der Waals surface area contributed by atoms with Crippen LogP contribution in [0.15, 0.2) is 29.2 Å². The maximum Gasteiger partial charge on any atom is 0.279 e. The summed E-state index contributed by atoms with van der Waals surface area (Å²) in [5, 5.41) is 7.79. The normalized spacial score (nSPS) is 25.7. The lowest BCUT2D eigenvalue weighted by atomic mass is 10.2. The maximum absolute atomic E-state index is 12.1. The number of quaternary nitrogens is 1. The van der Waals surface area contributed by atoms with E-state index in [9.17, 15) is 13.2 Å². The predicted molar refractivity (Wildman–Crippen MR) is 82.0 cm³/mol. The van der Waals surface area contributed by atoms with Gasteiger partial charge in [0.15, 0.2) is 6.54 Å². The molecule has 1 aromatic rings. The Morgan fingerprint density at radius 2 is 2.00 bits per heavy atom. The van der Waals surface area contributed by atoms with Crippen LogP contribution in [0, 0.1) is 0 Å². The third-order valence-electron chi connectivity index (χ3n) is 3.47. The van der Waals surface area contributed by atoms with Crippen molar-refractivity contribution in [3.8, 4) is 0 Å². The first kappa shape index (κ1) is 16.9. The minimum atomic E-state index is -3.78. The van der Waals surface area contributed by atoms with Crippen molar-refractivity contribution in [3.05, 3.63) is 24.3 Å². The first-order chi connectivity index (χ1) is 10.2. The molecule has 1 saturated heterocycles. The Bertz CT molecular complexity index is 637. The third kappa shape index (κ3) is 4.77. The minimum Gasteiger partial charge on any atom is -0.364 e. The van der Waals surface area contributed by atoms with Crippen molar-refractivity contribution >= 4 is 21.6 Å². The maximum atomic E-state index is 12.1. The number of benzene rings is 1. The molecule has 1 aliphatic heterocycles. The summed E-state index contributed by atoms with van der Waals surface area (Å²) in [4.78, 5) is 13.2. The molecular weight excluding hydrogens is 306 g/mol. The molecule has 1 amide bonds. The zero-order chi connectivity index (χ0) is 16.3. The van der Waals surface area contributed by atoms with Gasteiger partial charge in [-0.2, -0.15) is 0 Å². The van der Waals surface area contributed by atoms with Crippen molar-refractivity contribution < 1.29 is 22.8 Å². The summed E-state index contributed by atoms with van der Waals surface area (Å²) in [5.41, 5.74) is 0.422. The number of amides is 1. The van der Waals surface area contributed by atoms with Gasteiger partial charge >= 0.3 is 0 Å². The van der Waals surface area contributed by atoms with Gasteiger partial charge in [0, 0.05) is 5.69 Å². The first-order valence-corrected chi connectivity index (χ1v) is 8.70. The number of sulfonamides is 1. The van der Waals surface area contributed by atoms with E-state index in [1.54, 1.807) is 12.1 Å². The Morgan fingerprint density at radius 1 is 1.36 bits per heavy atom. The van der Waals surface area contributed by atoms with Crippen LogP contribution in [0.25, 0.3) is 0 Å². The Morgan fingerprint density at radius 3 is 2.59 bits per heavy atom. The molecular formula is C14H22N3O4S+. The van der Waals surface area contributed by atoms with E-state index < -0.39 is 10.0 Å². The Hall–Kier alpha value is -1.48. The first-order valence-electron chi connectivity index (χ1n) is 7.16. The minimum absolute atomic E-state index is 0.0220. The standard InChI is InChI=1S/C14H21N3O4S/c1-10-7-17(8-11(2)21-10)9-14(18)16-12-4-3-5-13(6-12)22(15,19)20/h3-6,10-11H,7-9H2,1-2H3,(H,16,18)(H2,15,19,20)/p+1/t10-,11-/m0/s1. The van der Waals surface area contributed by atoms with Crippen molar-refractivity contribution in [2.45, 2.75) is 31.0 Å². The van der Waals surface area contributed by atoms with Crippen molar-refractivity contribution in [1.29, 1.82) is 0 Å². The lowest BCUT2D eigenvalue weighted by Crippen LogP contribution is -3.16. The van der Waals surface area contributed by atoms with Gasteiger partial charge < -0.3 is 15.0 Å². The largest absolute Gasteiger partial charge is 0.364 e. The van der Waals surface area contributed by atoms with Crippen LogP contribution in [0.1, 0.15) is 13.8 Å². The van der Waals surface area contributed by atoms with E-state index in [4.69, 9.17) is 9.88 Å². The molecule has 22 heavy (non-hydrogen) atoms. The molecule has 0 aliphatic carbocycles. The van der Waals surface area contributed by atoms with Gasteiger partial charge in [0.05, 0.1) is 4.90 Å².